The normalized spacial score (nSPS) is 10.8. The second kappa shape index (κ2) is 6.59. The molecule has 0 amide bonds. The van der Waals surface area contributed by atoms with Crippen LogP contribution in [0.2, 0.25) is 0 Å². The number of carbonyl (C=O) groups is 1. The van der Waals surface area contributed by atoms with Crippen LogP contribution in [0.5, 0.6) is 0 Å². The Balaban J connectivity index is 1.98. The molecule has 1 N–H and O–H groups in total. The molecular weight excluding hydrogens is 330 g/mol. The number of hydrogen-bond acceptors (Lipinski definition) is 5. The summed E-state index contributed by atoms with van der Waals surface area (Å²) in [5.41, 5.74) is 4.63. The van der Waals surface area contributed by atoms with Crippen molar-refractivity contribution in [1.82, 2.24) is 0 Å². The first-order valence-corrected chi connectivity index (χ1v) is 8.20. The van der Waals surface area contributed by atoms with Crippen molar-refractivity contribution in [3.8, 4) is 11.1 Å². The van der Waals surface area contributed by atoms with E-state index in [9.17, 15) is 14.4 Å². The van der Waals surface area contributed by atoms with Gasteiger partial charge in [0, 0.05) is 5.69 Å². The van der Waals surface area contributed by atoms with E-state index in [0.29, 0.717) is 16.8 Å². The van der Waals surface area contributed by atoms with Gasteiger partial charge in [0.25, 0.3) is 5.43 Å². The maximum atomic E-state index is 12.2. The molecule has 0 spiro atoms. The van der Waals surface area contributed by atoms with Gasteiger partial charge in [-0.15, -0.1) is 0 Å². The van der Waals surface area contributed by atoms with Crippen molar-refractivity contribution in [3.05, 3.63) is 79.1 Å². The Morgan fingerprint density at radius 3 is 2.12 bits per heavy atom. The molecule has 0 aliphatic rings. The van der Waals surface area contributed by atoms with Crippen molar-refractivity contribution in [2.24, 2.45) is 0 Å². The second-order valence-corrected chi connectivity index (χ2v) is 6.35. The summed E-state index contributed by atoms with van der Waals surface area (Å²) >= 11 is 0. The van der Waals surface area contributed by atoms with Crippen molar-refractivity contribution in [2.45, 2.75) is 20.8 Å². The van der Waals surface area contributed by atoms with Crippen LogP contribution in [0.1, 0.15) is 27.0 Å². The zero-order valence-corrected chi connectivity index (χ0v) is 15.1. The van der Waals surface area contributed by atoms with Gasteiger partial charge in [0.15, 0.2) is 0 Å². The van der Waals surface area contributed by atoms with Crippen LogP contribution in [0.3, 0.4) is 0 Å². The van der Waals surface area contributed by atoms with Crippen LogP contribution in [0, 0.1) is 20.8 Å². The number of methoxy groups -OCH3 is 1. The van der Waals surface area contributed by atoms with Gasteiger partial charge in [0.2, 0.25) is 5.43 Å². The first kappa shape index (κ1) is 17.6. The minimum atomic E-state index is -0.533. The Bertz CT molecular complexity index is 1070. The number of esters is 1. The van der Waals surface area contributed by atoms with Gasteiger partial charge in [0.05, 0.1) is 18.2 Å². The van der Waals surface area contributed by atoms with E-state index in [4.69, 9.17) is 0 Å². The van der Waals surface area contributed by atoms with E-state index in [-0.39, 0.29) is 5.69 Å². The van der Waals surface area contributed by atoms with Crippen LogP contribution in [0.15, 0.2) is 46.0 Å². The lowest BCUT2D eigenvalue weighted by atomic mass is 9.91. The largest absolute Gasteiger partial charge is 0.465 e. The molecule has 5 nitrogen and oxygen atoms in total. The van der Waals surface area contributed by atoms with Gasteiger partial charge in [-0.25, -0.2) is 4.79 Å². The zero-order valence-electron chi connectivity index (χ0n) is 15.1. The van der Waals surface area contributed by atoms with Crippen molar-refractivity contribution >= 4 is 17.3 Å². The molecule has 0 saturated heterocycles. The molecule has 0 bridgehead atoms. The van der Waals surface area contributed by atoms with Crippen molar-refractivity contribution in [3.63, 3.8) is 0 Å². The minimum absolute atomic E-state index is 0.284. The quantitative estimate of drug-likeness (QED) is 0.577. The summed E-state index contributed by atoms with van der Waals surface area (Å²) < 4.78 is 4.66. The molecule has 0 saturated carbocycles. The lowest BCUT2D eigenvalue weighted by Crippen LogP contribution is -2.35. The fourth-order valence-electron chi connectivity index (χ4n) is 2.95. The van der Waals surface area contributed by atoms with Gasteiger partial charge in [-0.1, -0.05) is 12.1 Å². The Labute approximate surface area is 150 Å². The number of rotatable bonds is 4. The van der Waals surface area contributed by atoms with Gasteiger partial charge in [0.1, 0.15) is 5.69 Å². The second-order valence-electron chi connectivity index (χ2n) is 6.35. The molecule has 3 aromatic carbocycles. The Hall–Kier alpha value is -3.21. The van der Waals surface area contributed by atoms with E-state index in [0.717, 1.165) is 22.3 Å². The number of aryl methyl sites for hydroxylation is 3. The number of hydrogen-bond donors (Lipinski definition) is 1. The average Bonchev–Trinajstić information content (AvgIpc) is 2.64. The lowest BCUT2D eigenvalue weighted by Gasteiger charge is -2.16. The summed E-state index contributed by atoms with van der Waals surface area (Å²) in [5.74, 6) is -0.433. The number of ether oxygens (including phenoxy) is 1. The van der Waals surface area contributed by atoms with Crippen LogP contribution >= 0.6 is 0 Å². The summed E-state index contributed by atoms with van der Waals surface area (Å²) in [6.45, 7) is 5.91. The number of carbonyl (C=O) groups excluding carboxylic acids is 1. The SMILES string of the molecule is COC(=O)c1ccc(Nc2c(-c3cc(C)c(C)cc3C)c(=O)c2=O)cc1. The fourth-order valence-corrected chi connectivity index (χ4v) is 2.95. The van der Waals surface area contributed by atoms with Crippen LogP contribution in [0.4, 0.5) is 11.4 Å². The van der Waals surface area contributed by atoms with Crippen molar-refractivity contribution in [1.29, 1.82) is 0 Å². The van der Waals surface area contributed by atoms with Crippen LogP contribution < -0.4 is 16.2 Å². The molecule has 0 aromatic heterocycles. The predicted molar refractivity (Wildman–Crippen MR) is 102 cm³/mol. The molecule has 0 radical (unpaired) electrons. The maximum absolute atomic E-state index is 12.2. The van der Waals surface area contributed by atoms with E-state index in [1.807, 2.05) is 32.9 Å². The summed E-state index contributed by atoms with van der Waals surface area (Å²) in [7, 11) is 1.32. The van der Waals surface area contributed by atoms with E-state index in [2.05, 4.69) is 10.1 Å². The van der Waals surface area contributed by atoms with Crippen molar-refractivity contribution < 1.29 is 9.53 Å². The molecule has 0 atom stereocenters. The first-order valence-electron chi connectivity index (χ1n) is 8.20. The van der Waals surface area contributed by atoms with Gasteiger partial charge in [-0.2, -0.15) is 0 Å². The highest BCUT2D eigenvalue weighted by atomic mass is 16.5. The topological polar surface area (TPSA) is 72.5 Å². The molecule has 0 unspecified atom stereocenters. The molecule has 132 valence electrons. The van der Waals surface area contributed by atoms with E-state index in [1.54, 1.807) is 24.3 Å². The highest BCUT2D eigenvalue weighted by Gasteiger charge is 2.24. The predicted octanol–water partition coefficient (Wildman–Crippen LogP) is 3.41. The fraction of sp³-hybridized carbons (Fsp3) is 0.190. The van der Waals surface area contributed by atoms with Crippen molar-refractivity contribution in [2.75, 3.05) is 12.4 Å². The van der Waals surface area contributed by atoms with Crippen LogP contribution in [0.25, 0.3) is 11.1 Å². The molecule has 5 heteroatoms. The molecular formula is C21H19NO4. The molecule has 3 rings (SSSR count). The molecule has 0 aliphatic heterocycles. The monoisotopic (exact) mass is 349 g/mol. The highest BCUT2D eigenvalue weighted by Crippen LogP contribution is 2.31. The summed E-state index contributed by atoms with van der Waals surface area (Å²) in [6.07, 6.45) is 0. The standard InChI is InChI=1S/C21H19NO4/c1-11-9-13(3)16(10-12(11)2)17-18(20(24)19(17)23)22-15-7-5-14(6-8-15)21(25)26-4/h5-10,22H,1-4H3. The molecule has 0 fully saturated rings. The minimum Gasteiger partial charge on any atom is -0.465 e. The maximum Gasteiger partial charge on any atom is 0.337 e. The van der Waals surface area contributed by atoms with Crippen LogP contribution in [-0.4, -0.2) is 13.1 Å². The van der Waals surface area contributed by atoms with Gasteiger partial charge >= 0.3 is 5.97 Å². The lowest BCUT2D eigenvalue weighted by molar-refractivity contribution is 0.0601. The van der Waals surface area contributed by atoms with Crippen LogP contribution in [-0.2, 0) is 4.74 Å². The zero-order chi connectivity index (χ0) is 19.0. The van der Waals surface area contributed by atoms with E-state index >= 15 is 0 Å². The Morgan fingerprint density at radius 1 is 0.885 bits per heavy atom. The molecule has 26 heavy (non-hydrogen) atoms. The third kappa shape index (κ3) is 2.92. The number of benzene rings is 2. The summed E-state index contributed by atoms with van der Waals surface area (Å²) in [6, 6.07) is 10.5. The van der Waals surface area contributed by atoms with Gasteiger partial charge in [-0.3, -0.25) is 9.59 Å². The third-order valence-corrected chi connectivity index (χ3v) is 4.60. The highest BCUT2D eigenvalue weighted by molar-refractivity contribution is 5.90. The molecule has 0 heterocycles. The molecule has 0 aliphatic carbocycles. The van der Waals surface area contributed by atoms with E-state index in [1.165, 1.54) is 7.11 Å². The smallest absolute Gasteiger partial charge is 0.337 e. The average molecular weight is 349 g/mol. The summed E-state index contributed by atoms with van der Waals surface area (Å²) in [4.78, 5) is 35.8. The number of anilines is 2. The molecule has 3 aromatic rings. The van der Waals surface area contributed by atoms with Gasteiger partial charge < -0.3 is 10.1 Å². The van der Waals surface area contributed by atoms with E-state index < -0.39 is 16.8 Å². The summed E-state index contributed by atoms with van der Waals surface area (Å²) in [5, 5.41) is 3.01. The number of nitrogens with one attached hydrogen (secondary N) is 1. The first-order chi connectivity index (χ1) is 12.3. The van der Waals surface area contributed by atoms with Gasteiger partial charge in [-0.05, 0) is 67.3 Å². The third-order valence-electron chi connectivity index (χ3n) is 4.60. The Kier molecular flexibility index (Phi) is 4.47. The Morgan fingerprint density at radius 2 is 1.50 bits per heavy atom.